The van der Waals surface area contributed by atoms with Crippen LogP contribution in [0.3, 0.4) is 0 Å². The lowest BCUT2D eigenvalue weighted by Gasteiger charge is -2.29. The van der Waals surface area contributed by atoms with Crippen molar-refractivity contribution >= 4 is 33.1 Å². The van der Waals surface area contributed by atoms with Crippen LogP contribution < -0.4 is 5.32 Å². The molecular formula is C22H25N3OS. The molecule has 4 rings (SSSR count). The van der Waals surface area contributed by atoms with E-state index in [-0.39, 0.29) is 5.91 Å². The molecule has 0 saturated carbocycles. The highest BCUT2D eigenvalue weighted by atomic mass is 32.1. The number of benzene rings is 2. The molecule has 2 heterocycles. The van der Waals surface area contributed by atoms with Crippen molar-refractivity contribution in [3.63, 3.8) is 0 Å². The van der Waals surface area contributed by atoms with Crippen LogP contribution in [0.4, 0.5) is 5.13 Å². The Hall–Kier alpha value is -2.24. The van der Waals surface area contributed by atoms with Crippen LogP contribution in [0, 0.1) is 5.92 Å². The summed E-state index contributed by atoms with van der Waals surface area (Å²) in [6.45, 7) is 4.77. The van der Waals surface area contributed by atoms with Gasteiger partial charge in [-0.2, -0.15) is 0 Å². The Labute approximate surface area is 164 Å². The van der Waals surface area contributed by atoms with Crippen molar-refractivity contribution in [2.75, 3.05) is 25.0 Å². The molecule has 1 amide bonds. The van der Waals surface area contributed by atoms with Crippen LogP contribution in [0.15, 0.2) is 48.7 Å². The standard InChI is InChI=1S/C22H25N3OS/c1-16-9-11-25(12-10-16)15-21(26)24-22-23-14-19(27-22)13-18-7-4-6-17-5-2-3-8-20(17)18/h2-8,14,16H,9-13,15H2,1H3,(H,23,24,26). The normalized spacial score (nSPS) is 15.9. The zero-order chi connectivity index (χ0) is 18.6. The number of nitrogens with zero attached hydrogens (tertiary/aromatic N) is 2. The van der Waals surface area contributed by atoms with Crippen molar-refractivity contribution in [3.05, 3.63) is 59.1 Å². The monoisotopic (exact) mass is 379 g/mol. The molecule has 1 aliphatic heterocycles. The Morgan fingerprint density at radius 2 is 1.96 bits per heavy atom. The SMILES string of the molecule is CC1CCN(CC(=O)Nc2ncc(Cc3cccc4ccccc34)s2)CC1. The van der Waals surface area contributed by atoms with E-state index >= 15 is 0 Å². The second kappa shape index (κ2) is 8.19. The molecule has 27 heavy (non-hydrogen) atoms. The van der Waals surface area contributed by atoms with Crippen molar-refractivity contribution in [2.45, 2.75) is 26.2 Å². The summed E-state index contributed by atoms with van der Waals surface area (Å²) in [5.74, 6) is 0.815. The molecule has 5 heteroatoms. The smallest absolute Gasteiger partial charge is 0.240 e. The zero-order valence-corrected chi connectivity index (χ0v) is 16.5. The van der Waals surface area contributed by atoms with Gasteiger partial charge >= 0.3 is 0 Å². The predicted octanol–water partition coefficient (Wildman–Crippen LogP) is 4.56. The van der Waals surface area contributed by atoms with Crippen LogP contribution in [0.5, 0.6) is 0 Å². The summed E-state index contributed by atoms with van der Waals surface area (Å²) in [6.07, 6.45) is 5.07. The molecule has 1 N–H and O–H groups in total. The first-order chi connectivity index (χ1) is 13.2. The number of fused-ring (bicyclic) bond motifs is 1. The largest absolute Gasteiger partial charge is 0.301 e. The Kier molecular flexibility index (Phi) is 5.50. The molecule has 0 radical (unpaired) electrons. The lowest BCUT2D eigenvalue weighted by Crippen LogP contribution is -2.38. The topological polar surface area (TPSA) is 45.2 Å². The van der Waals surface area contributed by atoms with Crippen LogP contribution in [0.25, 0.3) is 10.8 Å². The predicted molar refractivity (Wildman–Crippen MR) is 112 cm³/mol. The number of thiazole rings is 1. The number of hydrogen-bond donors (Lipinski definition) is 1. The molecule has 1 saturated heterocycles. The van der Waals surface area contributed by atoms with Crippen LogP contribution in [-0.2, 0) is 11.2 Å². The molecule has 4 nitrogen and oxygen atoms in total. The van der Waals surface area contributed by atoms with E-state index in [0.717, 1.165) is 30.3 Å². The molecule has 0 bridgehead atoms. The van der Waals surface area contributed by atoms with E-state index in [9.17, 15) is 4.79 Å². The van der Waals surface area contributed by atoms with Crippen LogP contribution in [0.2, 0.25) is 0 Å². The summed E-state index contributed by atoms with van der Waals surface area (Å²) in [5.41, 5.74) is 1.29. The summed E-state index contributed by atoms with van der Waals surface area (Å²) in [4.78, 5) is 20.1. The average molecular weight is 380 g/mol. The van der Waals surface area contributed by atoms with E-state index in [1.54, 1.807) is 11.3 Å². The van der Waals surface area contributed by atoms with Crippen molar-refractivity contribution in [3.8, 4) is 0 Å². The molecule has 1 aliphatic rings. The van der Waals surface area contributed by atoms with Gasteiger partial charge in [-0.1, -0.05) is 49.4 Å². The van der Waals surface area contributed by atoms with Gasteiger partial charge in [0.05, 0.1) is 6.54 Å². The van der Waals surface area contributed by atoms with Crippen molar-refractivity contribution in [1.82, 2.24) is 9.88 Å². The number of nitrogens with one attached hydrogen (secondary N) is 1. The minimum atomic E-state index is 0.0376. The number of piperidine rings is 1. The van der Waals surface area contributed by atoms with Gasteiger partial charge < -0.3 is 5.32 Å². The summed E-state index contributed by atoms with van der Waals surface area (Å²) in [7, 11) is 0. The Balaban J connectivity index is 1.37. The fourth-order valence-electron chi connectivity index (χ4n) is 3.66. The number of amides is 1. The van der Waals surface area contributed by atoms with Crippen molar-refractivity contribution in [1.29, 1.82) is 0 Å². The van der Waals surface area contributed by atoms with Crippen molar-refractivity contribution < 1.29 is 4.79 Å². The van der Waals surface area contributed by atoms with E-state index in [2.05, 4.69) is 64.6 Å². The molecule has 3 aromatic rings. The Morgan fingerprint density at radius 3 is 2.81 bits per heavy atom. The lowest BCUT2D eigenvalue weighted by atomic mass is 9.99. The second-order valence-electron chi connectivity index (χ2n) is 7.45. The summed E-state index contributed by atoms with van der Waals surface area (Å²) >= 11 is 1.57. The molecule has 1 aromatic heterocycles. The number of likely N-dealkylation sites (tertiary alicyclic amines) is 1. The minimum absolute atomic E-state index is 0.0376. The fourth-order valence-corrected chi connectivity index (χ4v) is 4.52. The first kappa shape index (κ1) is 18.1. The molecule has 0 atom stereocenters. The van der Waals surface area contributed by atoms with Gasteiger partial charge in [0.2, 0.25) is 5.91 Å². The highest BCUT2D eigenvalue weighted by molar-refractivity contribution is 7.15. The highest BCUT2D eigenvalue weighted by Gasteiger charge is 2.18. The Bertz CT molecular complexity index is 923. The molecule has 0 spiro atoms. The maximum Gasteiger partial charge on any atom is 0.240 e. The van der Waals surface area contributed by atoms with Gasteiger partial charge in [-0.3, -0.25) is 9.69 Å². The molecule has 140 valence electrons. The van der Waals surface area contributed by atoms with E-state index in [0.29, 0.717) is 11.7 Å². The first-order valence-electron chi connectivity index (χ1n) is 9.61. The highest BCUT2D eigenvalue weighted by Crippen LogP contribution is 2.25. The minimum Gasteiger partial charge on any atom is -0.301 e. The Morgan fingerprint density at radius 1 is 1.19 bits per heavy atom. The number of anilines is 1. The van der Waals surface area contributed by atoms with E-state index in [4.69, 9.17) is 0 Å². The van der Waals surface area contributed by atoms with Gasteiger partial charge in [0.15, 0.2) is 5.13 Å². The summed E-state index contributed by atoms with van der Waals surface area (Å²) in [6, 6.07) is 14.8. The van der Waals surface area contributed by atoms with Gasteiger partial charge in [-0.15, -0.1) is 11.3 Å². The molecule has 0 aliphatic carbocycles. The van der Waals surface area contributed by atoms with Gasteiger partial charge in [-0.25, -0.2) is 4.98 Å². The fraction of sp³-hybridized carbons (Fsp3) is 0.364. The van der Waals surface area contributed by atoms with Gasteiger partial charge in [0.1, 0.15) is 0 Å². The average Bonchev–Trinajstić information content (AvgIpc) is 3.10. The third kappa shape index (κ3) is 4.54. The molecule has 1 fully saturated rings. The number of carbonyl (C=O) groups excluding carboxylic acids is 1. The lowest BCUT2D eigenvalue weighted by molar-refractivity contribution is -0.117. The third-order valence-electron chi connectivity index (χ3n) is 5.29. The van der Waals surface area contributed by atoms with Gasteiger partial charge in [-0.05, 0) is 48.2 Å². The van der Waals surface area contributed by atoms with E-state index in [1.165, 1.54) is 29.2 Å². The third-order valence-corrected chi connectivity index (χ3v) is 6.20. The van der Waals surface area contributed by atoms with Crippen molar-refractivity contribution in [2.24, 2.45) is 5.92 Å². The maximum absolute atomic E-state index is 12.3. The molecule has 2 aromatic carbocycles. The number of carbonyl (C=O) groups is 1. The van der Waals surface area contributed by atoms with E-state index < -0.39 is 0 Å². The van der Waals surface area contributed by atoms with Gasteiger partial charge in [0.25, 0.3) is 0 Å². The van der Waals surface area contributed by atoms with Gasteiger partial charge in [0, 0.05) is 17.5 Å². The second-order valence-corrected chi connectivity index (χ2v) is 8.57. The summed E-state index contributed by atoms with van der Waals surface area (Å²) in [5, 5.41) is 6.20. The van der Waals surface area contributed by atoms with Crippen LogP contribution in [-0.4, -0.2) is 35.4 Å². The number of hydrogen-bond acceptors (Lipinski definition) is 4. The quantitative estimate of drug-likeness (QED) is 0.707. The maximum atomic E-state index is 12.3. The van der Waals surface area contributed by atoms with Crippen LogP contribution in [0.1, 0.15) is 30.2 Å². The van der Waals surface area contributed by atoms with E-state index in [1.807, 2.05) is 6.20 Å². The summed E-state index contributed by atoms with van der Waals surface area (Å²) < 4.78 is 0. The molecule has 0 unspecified atom stereocenters. The first-order valence-corrected chi connectivity index (χ1v) is 10.4. The number of rotatable bonds is 5. The zero-order valence-electron chi connectivity index (χ0n) is 15.6. The number of aromatic nitrogens is 1. The molecular weight excluding hydrogens is 354 g/mol. The van der Waals surface area contributed by atoms with Crippen LogP contribution >= 0.6 is 11.3 Å².